The zero-order chi connectivity index (χ0) is 19.6. The second-order valence-electron chi connectivity index (χ2n) is 6.21. The number of carbonyl (C=O) groups excluding carboxylic acids is 2. The summed E-state index contributed by atoms with van der Waals surface area (Å²) < 4.78 is 4.86. The van der Waals surface area contributed by atoms with Crippen LogP contribution in [0.15, 0.2) is 18.2 Å². The van der Waals surface area contributed by atoms with E-state index in [0.29, 0.717) is 16.3 Å². The van der Waals surface area contributed by atoms with Crippen LogP contribution in [-0.4, -0.2) is 30.5 Å². The number of benzene rings is 1. The summed E-state index contributed by atoms with van der Waals surface area (Å²) in [5.74, 6) is -0.793. The zero-order valence-corrected chi connectivity index (χ0v) is 15.8. The number of nitro groups is 1. The molecule has 0 atom stereocenters. The quantitative estimate of drug-likeness (QED) is 0.446. The van der Waals surface area contributed by atoms with Crippen molar-refractivity contribution in [3.8, 4) is 0 Å². The summed E-state index contributed by atoms with van der Waals surface area (Å²) in [6.07, 6.45) is 2.69. The highest BCUT2D eigenvalue weighted by Gasteiger charge is 2.28. The SMILES string of the molecule is COC(=O)c1c(NC(=O)CNc2cc([N+](=O)[O-])ccc2C)sc2c1CCC2. The first-order valence-corrected chi connectivity index (χ1v) is 9.24. The number of nitrogens with zero attached hydrogens (tertiary/aromatic N) is 1. The molecule has 0 bridgehead atoms. The third-order valence-corrected chi connectivity index (χ3v) is 5.64. The fourth-order valence-electron chi connectivity index (χ4n) is 3.07. The molecule has 2 aromatic rings. The number of non-ortho nitro benzene ring substituents is 1. The van der Waals surface area contributed by atoms with Gasteiger partial charge in [0.25, 0.3) is 5.69 Å². The van der Waals surface area contributed by atoms with E-state index in [1.807, 2.05) is 0 Å². The molecule has 8 nitrogen and oxygen atoms in total. The van der Waals surface area contributed by atoms with E-state index >= 15 is 0 Å². The Morgan fingerprint density at radius 2 is 2.11 bits per heavy atom. The smallest absolute Gasteiger partial charge is 0.341 e. The lowest BCUT2D eigenvalue weighted by atomic mass is 10.1. The number of aryl methyl sites for hydroxylation is 2. The maximum absolute atomic E-state index is 12.4. The van der Waals surface area contributed by atoms with Crippen molar-refractivity contribution in [2.45, 2.75) is 26.2 Å². The molecule has 1 amide bonds. The van der Waals surface area contributed by atoms with Gasteiger partial charge >= 0.3 is 5.97 Å². The molecule has 1 aliphatic rings. The molecule has 0 aliphatic heterocycles. The molecule has 0 saturated heterocycles. The van der Waals surface area contributed by atoms with Crippen molar-refractivity contribution < 1.29 is 19.2 Å². The number of amides is 1. The van der Waals surface area contributed by atoms with Crippen LogP contribution in [0.25, 0.3) is 0 Å². The molecule has 0 radical (unpaired) electrons. The molecule has 1 aromatic carbocycles. The topological polar surface area (TPSA) is 111 Å². The number of esters is 1. The molecule has 0 fully saturated rings. The van der Waals surface area contributed by atoms with Crippen LogP contribution in [0.4, 0.5) is 16.4 Å². The van der Waals surface area contributed by atoms with Gasteiger partial charge in [-0.05, 0) is 37.3 Å². The van der Waals surface area contributed by atoms with E-state index in [2.05, 4.69) is 10.6 Å². The van der Waals surface area contributed by atoms with Crippen LogP contribution in [0, 0.1) is 17.0 Å². The molecule has 9 heteroatoms. The average Bonchev–Trinajstić information content (AvgIpc) is 3.20. The number of nitrogens with one attached hydrogen (secondary N) is 2. The first-order chi connectivity index (χ1) is 12.9. The standard InChI is InChI=1S/C18H19N3O5S/c1-10-6-7-11(21(24)25)8-13(10)19-9-15(22)20-17-16(18(23)26-2)12-4-3-5-14(12)27-17/h6-8,19H,3-5,9H2,1-2H3,(H,20,22). The van der Waals surface area contributed by atoms with Crippen LogP contribution in [0.1, 0.15) is 32.8 Å². The summed E-state index contributed by atoms with van der Waals surface area (Å²) in [5.41, 5.74) is 2.66. The van der Waals surface area contributed by atoms with E-state index < -0.39 is 10.9 Å². The van der Waals surface area contributed by atoms with E-state index in [1.54, 1.807) is 13.0 Å². The summed E-state index contributed by atoms with van der Waals surface area (Å²) in [6, 6.07) is 4.43. The van der Waals surface area contributed by atoms with Crippen molar-refractivity contribution in [1.29, 1.82) is 0 Å². The van der Waals surface area contributed by atoms with Crippen molar-refractivity contribution in [1.82, 2.24) is 0 Å². The minimum Gasteiger partial charge on any atom is -0.465 e. The van der Waals surface area contributed by atoms with E-state index in [9.17, 15) is 19.7 Å². The van der Waals surface area contributed by atoms with Crippen LogP contribution < -0.4 is 10.6 Å². The maximum Gasteiger partial charge on any atom is 0.341 e. The van der Waals surface area contributed by atoms with Crippen LogP contribution >= 0.6 is 11.3 Å². The Labute approximate surface area is 159 Å². The predicted octanol–water partition coefficient (Wildman–Crippen LogP) is 3.29. The Balaban J connectivity index is 1.71. The van der Waals surface area contributed by atoms with Gasteiger partial charge < -0.3 is 15.4 Å². The molecule has 2 N–H and O–H groups in total. The lowest BCUT2D eigenvalue weighted by Crippen LogP contribution is -2.23. The van der Waals surface area contributed by atoms with Gasteiger partial charge in [-0.3, -0.25) is 14.9 Å². The van der Waals surface area contributed by atoms with Crippen LogP contribution in [-0.2, 0) is 22.4 Å². The van der Waals surface area contributed by atoms with Gasteiger partial charge in [-0.2, -0.15) is 0 Å². The molecule has 3 rings (SSSR count). The van der Waals surface area contributed by atoms with Crippen molar-refractivity contribution >= 4 is 39.6 Å². The fraction of sp³-hybridized carbons (Fsp3) is 0.333. The molecule has 0 saturated carbocycles. The summed E-state index contributed by atoms with van der Waals surface area (Å²) in [6.45, 7) is 1.72. The second kappa shape index (κ2) is 7.75. The molecule has 27 heavy (non-hydrogen) atoms. The Bertz CT molecular complexity index is 922. The largest absolute Gasteiger partial charge is 0.465 e. The van der Waals surface area contributed by atoms with E-state index in [1.165, 1.54) is 30.6 Å². The zero-order valence-electron chi connectivity index (χ0n) is 15.0. The number of hydrogen-bond acceptors (Lipinski definition) is 7. The van der Waals surface area contributed by atoms with Gasteiger partial charge in [-0.1, -0.05) is 6.07 Å². The minimum atomic E-state index is -0.486. The third-order valence-electron chi connectivity index (χ3n) is 4.44. The third kappa shape index (κ3) is 3.92. The van der Waals surface area contributed by atoms with Crippen molar-refractivity contribution in [3.05, 3.63) is 49.9 Å². The van der Waals surface area contributed by atoms with Crippen LogP contribution in [0.2, 0.25) is 0 Å². The van der Waals surface area contributed by atoms with Gasteiger partial charge in [-0.25, -0.2) is 4.79 Å². The average molecular weight is 389 g/mol. The van der Waals surface area contributed by atoms with Gasteiger partial charge in [0.1, 0.15) is 5.00 Å². The number of anilines is 2. The van der Waals surface area contributed by atoms with E-state index in [-0.39, 0.29) is 18.1 Å². The van der Waals surface area contributed by atoms with Gasteiger partial charge in [0.05, 0.1) is 24.1 Å². The molecule has 1 heterocycles. The lowest BCUT2D eigenvalue weighted by molar-refractivity contribution is -0.384. The number of nitro benzene ring substituents is 1. The molecule has 1 aromatic heterocycles. The van der Waals surface area contributed by atoms with Crippen LogP contribution in [0.5, 0.6) is 0 Å². The number of methoxy groups -OCH3 is 1. The Morgan fingerprint density at radius 1 is 1.33 bits per heavy atom. The first-order valence-electron chi connectivity index (χ1n) is 8.42. The van der Waals surface area contributed by atoms with Crippen LogP contribution in [0.3, 0.4) is 0 Å². The highest BCUT2D eigenvalue weighted by molar-refractivity contribution is 7.17. The first kappa shape index (κ1) is 18.8. The molecule has 1 aliphatic carbocycles. The number of ether oxygens (including phenoxy) is 1. The van der Waals surface area contributed by atoms with Gasteiger partial charge in [0.15, 0.2) is 0 Å². The van der Waals surface area contributed by atoms with E-state index in [4.69, 9.17) is 4.74 Å². The van der Waals surface area contributed by atoms with Gasteiger partial charge in [0.2, 0.25) is 5.91 Å². The summed E-state index contributed by atoms with van der Waals surface area (Å²) in [4.78, 5) is 36.0. The molecular formula is C18H19N3O5S. The highest BCUT2D eigenvalue weighted by atomic mass is 32.1. The number of rotatable bonds is 6. The molecule has 142 valence electrons. The molecule has 0 unspecified atom stereocenters. The predicted molar refractivity (Wildman–Crippen MR) is 103 cm³/mol. The van der Waals surface area contributed by atoms with Crippen molar-refractivity contribution in [2.75, 3.05) is 24.3 Å². The summed E-state index contributed by atoms with van der Waals surface area (Å²) in [5, 5.41) is 17.1. The minimum absolute atomic E-state index is 0.0498. The van der Waals surface area contributed by atoms with Gasteiger partial charge in [-0.15, -0.1) is 11.3 Å². The number of fused-ring (bicyclic) bond motifs is 1. The maximum atomic E-state index is 12.4. The Morgan fingerprint density at radius 3 is 2.81 bits per heavy atom. The van der Waals surface area contributed by atoms with Gasteiger partial charge in [0, 0.05) is 22.7 Å². The van der Waals surface area contributed by atoms with E-state index in [0.717, 1.165) is 35.3 Å². The monoisotopic (exact) mass is 389 g/mol. The summed E-state index contributed by atoms with van der Waals surface area (Å²) in [7, 11) is 1.32. The molecular weight excluding hydrogens is 370 g/mol. The number of carbonyl (C=O) groups is 2. The summed E-state index contributed by atoms with van der Waals surface area (Å²) >= 11 is 1.40. The van der Waals surface area contributed by atoms with Crippen molar-refractivity contribution in [2.24, 2.45) is 0 Å². The molecule has 0 spiro atoms. The second-order valence-corrected chi connectivity index (χ2v) is 7.32. The highest BCUT2D eigenvalue weighted by Crippen LogP contribution is 2.39. The number of hydrogen-bond donors (Lipinski definition) is 2. The van der Waals surface area contributed by atoms with Crippen molar-refractivity contribution in [3.63, 3.8) is 0 Å². The number of thiophene rings is 1. The lowest BCUT2D eigenvalue weighted by Gasteiger charge is -2.10. The normalized spacial score (nSPS) is 12.4. The Hall–Kier alpha value is -2.94. The fourth-order valence-corrected chi connectivity index (χ4v) is 4.36. The Kier molecular flexibility index (Phi) is 5.41.